The zero-order valence-electron chi connectivity index (χ0n) is 7.55. The molecule has 1 aromatic heterocycles. The molecule has 0 saturated heterocycles. The first kappa shape index (κ1) is 9.56. The van der Waals surface area contributed by atoms with Crippen LogP contribution in [0.1, 0.15) is 0 Å². The van der Waals surface area contributed by atoms with Crippen LogP contribution >= 0.6 is 38.9 Å². The Hall–Kier alpha value is -0.660. The molecule has 1 aliphatic carbocycles. The van der Waals surface area contributed by atoms with Gasteiger partial charge in [0.25, 0.3) is 0 Å². The standard InChI is InChI=1S/C12H5BrClS/c13-8-5-6-9(14)11-7-3-1-2-4-10(7)15-12(8)11/h1-4,6H/q+1. The molecule has 72 valence electrons. The molecular weight excluding hydrogens is 292 g/mol. The second kappa shape index (κ2) is 3.43. The molecule has 3 heteroatoms. The third kappa shape index (κ3) is 1.37. The van der Waals surface area contributed by atoms with Crippen LogP contribution < -0.4 is 9.75 Å². The van der Waals surface area contributed by atoms with Crippen molar-refractivity contribution in [1.82, 2.24) is 0 Å². The van der Waals surface area contributed by atoms with Crippen molar-refractivity contribution in [3.8, 4) is 0 Å². The van der Waals surface area contributed by atoms with Crippen LogP contribution in [-0.4, -0.2) is 0 Å². The average Bonchev–Trinajstić information content (AvgIpc) is 2.64. The predicted molar refractivity (Wildman–Crippen MR) is 70.5 cm³/mol. The van der Waals surface area contributed by atoms with Crippen molar-refractivity contribution in [3.63, 3.8) is 0 Å². The molecule has 1 aliphatic rings. The lowest BCUT2D eigenvalue weighted by molar-refractivity contribution is 1.69. The lowest BCUT2D eigenvalue weighted by Crippen LogP contribution is -2.23. The van der Waals surface area contributed by atoms with E-state index >= 15 is 0 Å². The summed E-state index contributed by atoms with van der Waals surface area (Å²) in [6.45, 7) is 0. The van der Waals surface area contributed by atoms with Crippen LogP contribution in [0.2, 0.25) is 0 Å². The number of rotatable bonds is 0. The Kier molecular flexibility index (Phi) is 2.18. The van der Waals surface area contributed by atoms with Gasteiger partial charge in [-0.1, -0.05) is 29.5 Å². The van der Waals surface area contributed by atoms with E-state index < -0.39 is 0 Å². The van der Waals surface area contributed by atoms with Gasteiger partial charge < -0.3 is 0 Å². The van der Waals surface area contributed by atoms with E-state index in [1.807, 2.05) is 18.2 Å². The van der Waals surface area contributed by atoms with Crippen LogP contribution in [0.3, 0.4) is 0 Å². The lowest BCUT2D eigenvalue weighted by Gasteiger charge is -1.86. The van der Waals surface area contributed by atoms with Gasteiger partial charge in [-0.15, -0.1) is 0 Å². The fourth-order valence-corrected chi connectivity index (χ4v) is 3.68. The highest BCUT2D eigenvalue weighted by molar-refractivity contribution is 9.15. The summed E-state index contributed by atoms with van der Waals surface area (Å²) in [5, 5.41) is 3.12. The summed E-state index contributed by atoms with van der Waals surface area (Å²) in [6, 6.07) is 8.30. The van der Waals surface area contributed by atoms with Crippen LogP contribution in [0.25, 0.3) is 19.6 Å². The fraction of sp³-hybridized carbons (Fsp3) is 0. The molecule has 15 heavy (non-hydrogen) atoms. The monoisotopic (exact) mass is 295 g/mol. The van der Waals surface area contributed by atoms with Gasteiger partial charge in [0.1, 0.15) is 11.3 Å². The normalized spacial score (nSPS) is 14.3. The van der Waals surface area contributed by atoms with Gasteiger partial charge in [-0.3, -0.25) is 0 Å². The third-order valence-electron chi connectivity index (χ3n) is 2.36. The highest BCUT2D eigenvalue weighted by Crippen LogP contribution is 2.20. The fourth-order valence-electron chi connectivity index (χ4n) is 1.70. The molecule has 3 rings (SSSR count). The zero-order valence-corrected chi connectivity index (χ0v) is 10.7. The molecule has 0 N–H and O–H groups in total. The second-order valence-electron chi connectivity index (χ2n) is 3.25. The van der Waals surface area contributed by atoms with Gasteiger partial charge in [0, 0.05) is 17.0 Å². The lowest BCUT2D eigenvalue weighted by atomic mass is 10.2. The van der Waals surface area contributed by atoms with Crippen molar-refractivity contribution < 1.29 is 0 Å². The first-order valence-corrected chi connectivity index (χ1v) is 6.43. The minimum Gasteiger partial charge on any atom is -0.0637 e. The third-order valence-corrected chi connectivity index (χ3v) is 4.73. The Morgan fingerprint density at radius 1 is 1.27 bits per heavy atom. The van der Waals surface area contributed by atoms with E-state index in [2.05, 4.69) is 34.1 Å². The minimum atomic E-state index is 0.769. The molecule has 0 unspecified atom stereocenters. The zero-order chi connectivity index (χ0) is 10.4. The average molecular weight is 297 g/mol. The van der Waals surface area contributed by atoms with Crippen LogP contribution in [0, 0.1) is 6.08 Å². The first-order chi connectivity index (χ1) is 7.27. The van der Waals surface area contributed by atoms with Gasteiger partial charge in [0.05, 0.1) is 10.8 Å². The summed E-state index contributed by atoms with van der Waals surface area (Å²) in [5.41, 5.74) is 0. The Labute approximate surface area is 104 Å². The van der Waals surface area contributed by atoms with Crippen molar-refractivity contribution in [2.75, 3.05) is 0 Å². The van der Waals surface area contributed by atoms with Crippen molar-refractivity contribution in [2.45, 2.75) is 0 Å². The number of hydrogen-bond donors (Lipinski definition) is 0. The Balaban J connectivity index is 2.71. The van der Waals surface area contributed by atoms with Gasteiger partial charge in [-0.25, -0.2) is 0 Å². The van der Waals surface area contributed by atoms with Crippen molar-refractivity contribution >= 4 is 58.5 Å². The molecule has 0 aliphatic heterocycles. The summed E-state index contributed by atoms with van der Waals surface area (Å²) in [6.07, 6.45) is 4.91. The highest BCUT2D eigenvalue weighted by atomic mass is 79.9. The Bertz CT molecular complexity index is 694. The van der Waals surface area contributed by atoms with Crippen molar-refractivity contribution in [1.29, 1.82) is 0 Å². The largest absolute Gasteiger partial charge is 0.199 e. The summed E-state index contributed by atoms with van der Waals surface area (Å²) < 4.78 is 3.42. The van der Waals surface area contributed by atoms with Crippen LogP contribution in [-0.2, 0) is 0 Å². The SMILES string of the molecule is ClC1=c2c(sc3ccccc23)=C(Br)[C+]=C1. The summed E-state index contributed by atoms with van der Waals surface area (Å²) in [7, 11) is 0. The second-order valence-corrected chi connectivity index (χ2v) is 5.51. The summed E-state index contributed by atoms with van der Waals surface area (Å²) >= 11 is 11.4. The topological polar surface area (TPSA) is 0 Å². The van der Waals surface area contributed by atoms with Crippen molar-refractivity contribution in [3.05, 3.63) is 46.2 Å². The minimum absolute atomic E-state index is 0.769. The van der Waals surface area contributed by atoms with Gasteiger partial charge >= 0.3 is 0 Å². The Morgan fingerprint density at radius 3 is 2.93 bits per heavy atom. The molecule has 1 heterocycles. The first-order valence-electron chi connectivity index (χ1n) is 4.44. The maximum atomic E-state index is 6.20. The molecular formula is C12H5BrClS+. The molecule has 1 aromatic carbocycles. The molecule has 2 aromatic rings. The maximum absolute atomic E-state index is 6.20. The predicted octanol–water partition coefficient (Wildman–Crippen LogP) is 3.12. The quantitative estimate of drug-likeness (QED) is 0.655. The number of allylic oxidation sites excluding steroid dienone is 2. The van der Waals surface area contributed by atoms with Gasteiger partial charge in [-0.2, -0.15) is 0 Å². The molecule has 0 atom stereocenters. The van der Waals surface area contributed by atoms with E-state index in [9.17, 15) is 0 Å². The van der Waals surface area contributed by atoms with E-state index in [4.69, 9.17) is 11.6 Å². The molecule has 0 saturated carbocycles. The molecule has 0 radical (unpaired) electrons. The van der Waals surface area contributed by atoms with E-state index in [1.54, 1.807) is 11.3 Å². The van der Waals surface area contributed by atoms with Gasteiger partial charge in [0.15, 0.2) is 14.0 Å². The number of fused-ring (bicyclic) bond motifs is 3. The number of thiophene rings is 1. The van der Waals surface area contributed by atoms with E-state index in [1.165, 1.54) is 14.6 Å². The summed E-state index contributed by atoms with van der Waals surface area (Å²) in [4.78, 5) is 0. The van der Waals surface area contributed by atoms with E-state index in [0.29, 0.717) is 0 Å². The molecule has 0 fully saturated rings. The molecule has 0 amide bonds. The number of hydrogen-bond acceptors (Lipinski definition) is 1. The number of halogens is 2. The van der Waals surface area contributed by atoms with Crippen LogP contribution in [0.5, 0.6) is 0 Å². The molecule has 0 nitrogen and oxygen atoms in total. The van der Waals surface area contributed by atoms with Gasteiger partial charge in [0.2, 0.25) is 0 Å². The van der Waals surface area contributed by atoms with E-state index in [-0.39, 0.29) is 0 Å². The van der Waals surface area contributed by atoms with Crippen LogP contribution in [0.15, 0.2) is 30.3 Å². The number of benzene rings is 1. The Morgan fingerprint density at radius 2 is 2.07 bits per heavy atom. The highest BCUT2D eigenvalue weighted by Gasteiger charge is 2.17. The van der Waals surface area contributed by atoms with Gasteiger partial charge in [-0.05, 0) is 22.0 Å². The summed E-state index contributed by atoms with van der Waals surface area (Å²) in [5.74, 6) is 0. The van der Waals surface area contributed by atoms with E-state index in [0.717, 1.165) is 14.7 Å². The maximum Gasteiger partial charge on any atom is 0.199 e. The smallest absolute Gasteiger partial charge is 0.0637 e. The molecule has 0 bridgehead atoms. The van der Waals surface area contributed by atoms with Crippen LogP contribution in [0.4, 0.5) is 0 Å². The van der Waals surface area contributed by atoms with Crippen molar-refractivity contribution in [2.24, 2.45) is 0 Å². The molecule has 0 spiro atoms.